The van der Waals surface area contributed by atoms with E-state index in [4.69, 9.17) is 16.3 Å². The Bertz CT molecular complexity index is 563. The average Bonchev–Trinajstić information content (AvgIpc) is 2.90. The molecule has 0 amide bonds. The molecule has 0 aliphatic rings. The molecule has 0 saturated heterocycles. The molecular formula is C12H16ClN5OS. The van der Waals surface area contributed by atoms with Crippen LogP contribution in [0.5, 0.6) is 6.01 Å². The van der Waals surface area contributed by atoms with Crippen LogP contribution in [0.1, 0.15) is 30.2 Å². The Morgan fingerprint density at radius 3 is 2.85 bits per heavy atom. The van der Waals surface area contributed by atoms with Crippen molar-refractivity contribution >= 4 is 28.9 Å². The predicted octanol–water partition coefficient (Wildman–Crippen LogP) is 2.94. The Hall–Kier alpha value is -1.47. The summed E-state index contributed by atoms with van der Waals surface area (Å²) in [6, 6.07) is 0.239. The molecule has 0 fully saturated rings. The van der Waals surface area contributed by atoms with Crippen molar-refractivity contribution in [2.45, 2.75) is 33.2 Å². The van der Waals surface area contributed by atoms with E-state index >= 15 is 0 Å². The van der Waals surface area contributed by atoms with Crippen molar-refractivity contribution in [3.05, 3.63) is 21.4 Å². The van der Waals surface area contributed by atoms with Crippen LogP contribution in [0.15, 0.2) is 6.20 Å². The van der Waals surface area contributed by atoms with E-state index in [9.17, 15) is 0 Å². The first-order valence-corrected chi connectivity index (χ1v) is 7.62. The van der Waals surface area contributed by atoms with Crippen molar-refractivity contribution < 1.29 is 4.74 Å². The van der Waals surface area contributed by atoms with Crippen molar-refractivity contribution in [1.29, 1.82) is 0 Å². The molecule has 2 aromatic rings. The maximum atomic E-state index is 5.84. The number of nitrogens with zero attached hydrogens (tertiary/aromatic N) is 4. The van der Waals surface area contributed by atoms with Gasteiger partial charge in [0.05, 0.1) is 13.2 Å². The van der Waals surface area contributed by atoms with Gasteiger partial charge in [0, 0.05) is 11.1 Å². The zero-order valence-electron chi connectivity index (χ0n) is 11.4. The molecule has 6 nitrogen and oxygen atoms in total. The Morgan fingerprint density at radius 2 is 2.15 bits per heavy atom. The number of hydrogen-bond donors (Lipinski definition) is 1. The second kappa shape index (κ2) is 7.35. The average molecular weight is 314 g/mol. The van der Waals surface area contributed by atoms with Crippen LogP contribution in [0.2, 0.25) is 5.28 Å². The second-order valence-electron chi connectivity index (χ2n) is 3.99. The molecule has 0 aromatic carbocycles. The molecule has 0 unspecified atom stereocenters. The van der Waals surface area contributed by atoms with Crippen LogP contribution < -0.4 is 10.1 Å². The summed E-state index contributed by atoms with van der Waals surface area (Å²) in [6.45, 7) is 5.22. The SMILES string of the molecule is CCCOc1nc(Cl)nc(NCc2ncc(CC)s2)n1. The molecule has 108 valence electrons. The Labute approximate surface area is 126 Å². The number of aromatic nitrogens is 4. The zero-order chi connectivity index (χ0) is 14.4. The van der Waals surface area contributed by atoms with Crippen LogP contribution >= 0.6 is 22.9 Å². The largest absolute Gasteiger partial charge is 0.463 e. The van der Waals surface area contributed by atoms with Gasteiger partial charge in [0.15, 0.2) is 0 Å². The van der Waals surface area contributed by atoms with Gasteiger partial charge in [0.25, 0.3) is 0 Å². The number of aryl methyl sites for hydroxylation is 1. The highest BCUT2D eigenvalue weighted by Crippen LogP contribution is 2.16. The molecule has 0 atom stereocenters. The van der Waals surface area contributed by atoms with Crippen LogP contribution in [0, 0.1) is 0 Å². The van der Waals surface area contributed by atoms with E-state index < -0.39 is 0 Å². The first kappa shape index (κ1) is 14.9. The lowest BCUT2D eigenvalue weighted by molar-refractivity contribution is 0.291. The maximum absolute atomic E-state index is 5.84. The molecule has 0 bridgehead atoms. The van der Waals surface area contributed by atoms with Crippen LogP contribution in [0.4, 0.5) is 5.95 Å². The summed E-state index contributed by atoms with van der Waals surface area (Å²) < 4.78 is 5.35. The zero-order valence-corrected chi connectivity index (χ0v) is 13.0. The van der Waals surface area contributed by atoms with Crippen molar-refractivity contribution in [3.8, 4) is 6.01 Å². The van der Waals surface area contributed by atoms with Gasteiger partial charge in [-0.15, -0.1) is 11.3 Å². The smallest absolute Gasteiger partial charge is 0.322 e. The highest BCUT2D eigenvalue weighted by atomic mass is 35.5. The molecule has 8 heteroatoms. The van der Waals surface area contributed by atoms with E-state index in [1.165, 1.54) is 4.88 Å². The molecule has 0 spiro atoms. The number of rotatable bonds is 7. The number of halogens is 1. The standard InChI is InChI=1S/C12H16ClN5OS/c1-3-5-19-12-17-10(13)16-11(18-12)15-7-9-14-6-8(4-2)20-9/h6H,3-5,7H2,1-2H3,(H,15,16,17,18). The number of nitrogens with one attached hydrogen (secondary N) is 1. The monoisotopic (exact) mass is 313 g/mol. The van der Waals surface area contributed by atoms with Gasteiger partial charge in [0.2, 0.25) is 11.2 Å². The Kier molecular flexibility index (Phi) is 5.49. The normalized spacial score (nSPS) is 10.6. The first-order chi connectivity index (χ1) is 9.71. The predicted molar refractivity (Wildman–Crippen MR) is 79.4 cm³/mol. The minimum atomic E-state index is 0.113. The van der Waals surface area contributed by atoms with E-state index in [0.29, 0.717) is 19.1 Å². The van der Waals surface area contributed by atoms with Crippen molar-refractivity contribution in [2.24, 2.45) is 0 Å². The fraction of sp³-hybridized carbons (Fsp3) is 0.500. The summed E-state index contributed by atoms with van der Waals surface area (Å²) in [6.07, 6.45) is 3.76. The molecule has 2 aromatic heterocycles. The Morgan fingerprint density at radius 1 is 1.30 bits per heavy atom. The molecule has 0 aliphatic carbocycles. The molecule has 2 heterocycles. The van der Waals surface area contributed by atoms with Crippen LogP contribution in [-0.2, 0) is 13.0 Å². The van der Waals surface area contributed by atoms with Crippen LogP contribution in [-0.4, -0.2) is 26.5 Å². The quantitative estimate of drug-likeness (QED) is 0.847. The highest BCUT2D eigenvalue weighted by Gasteiger charge is 2.07. The van der Waals surface area contributed by atoms with Crippen LogP contribution in [0.3, 0.4) is 0 Å². The fourth-order valence-corrected chi connectivity index (χ4v) is 2.37. The molecule has 20 heavy (non-hydrogen) atoms. The van der Waals surface area contributed by atoms with Gasteiger partial charge in [-0.2, -0.15) is 15.0 Å². The molecule has 0 saturated carbocycles. The molecule has 0 aliphatic heterocycles. The van der Waals surface area contributed by atoms with E-state index in [1.807, 2.05) is 13.1 Å². The van der Waals surface area contributed by atoms with Crippen molar-refractivity contribution in [3.63, 3.8) is 0 Å². The van der Waals surface area contributed by atoms with Crippen molar-refractivity contribution in [2.75, 3.05) is 11.9 Å². The third-order valence-electron chi connectivity index (χ3n) is 2.37. The summed E-state index contributed by atoms with van der Waals surface area (Å²) in [7, 11) is 0. The Balaban J connectivity index is 1.99. The number of anilines is 1. The summed E-state index contributed by atoms with van der Waals surface area (Å²) >= 11 is 7.51. The minimum Gasteiger partial charge on any atom is -0.463 e. The highest BCUT2D eigenvalue weighted by molar-refractivity contribution is 7.11. The topological polar surface area (TPSA) is 72.8 Å². The number of hydrogen-bond acceptors (Lipinski definition) is 7. The van der Waals surface area contributed by atoms with Gasteiger partial charge in [0.1, 0.15) is 5.01 Å². The first-order valence-electron chi connectivity index (χ1n) is 6.43. The summed E-state index contributed by atoms with van der Waals surface area (Å²) in [5.74, 6) is 0.393. The lowest BCUT2D eigenvalue weighted by Gasteiger charge is -2.06. The lowest BCUT2D eigenvalue weighted by Crippen LogP contribution is -2.07. The molecule has 1 N–H and O–H groups in total. The fourth-order valence-electron chi connectivity index (χ4n) is 1.42. The lowest BCUT2D eigenvalue weighted by atomic mass is 10.4. The van der Waals surface area contributed by atoms with E-state index in [-0.39, 0.29) is 11.3 Å². The van der Waals surface area contributed by atoms with Crippen molar-refractivity contribution in [1.82, 2.24) is 19.9 Å². The third-order valence-corrected chi connectivity index (χ3v) is 3.68. The minimum absolute atomic E-state index is 0.113. The van der Waals surface area contributed by atoms with Crippen LogP contribution in [0.25, 0.3) is 0 Å². The van der Waals surface area contributed by atoms with Gasteiger partial charge in [-0.3, -0.25) is 0 Å². The van der Waals surface area contributed by atoms with E-state index in [2.05, 4.69) is 32.2 Å². The number of thiazole rings is 1. The summed E-state index contributed by atoms with van der Waals surface area (Å²) in [4.78, 5) is 17.6. The molecule has 2 rings (SSSR count). The van der Waals surface area contributed by atoms with E-state index in [0.717, 1.165) is 17.8 Å². The van der Waals surface area contributed by atoms with Gasteiger partial charge >= 0.3 is 6.01 Å². The molecular weight excluding hydrogens is 298 g/mol. The maximum Gasteiger partial charge on any atom is 0.322 e. The van der Waals surface area contributed by atoms with Gasteiger partial charge < -0.3 is 10.1 Å². The van der Waals surface area contributed by atoms with Gasteiger partial charge in [-0.1, -0.05) is 13.8 Å². The molecule has 0 radical (unpaired) electrons. The van der Waals surface area contributed by atoms with Gasteiger partial charge in [-0.05, 0) is 24.4 Å². The number of ether oxygens (including phenoxy) is 1. The second-order valence-corrected chi connectivity index (χ2v) is 5.52. The third kappa shape index (κ3) is 4.28. The van der Waals surface area contributed by atoms with E-state index in [1.54, 1.807) is 11.3 Å². The summed E-state index contributed by atoms with van der Waals surface area (Å²) in [5.41, 5.74) is 0. The van der Waals surface area contributed by atoms with Gasteiger partial charge in [-0.25, -0.2) is 4.98 Å². The summed E-state index contributed by atoms with van der Waals surface area (Å²) in [5, 5.41) is 4.17.